The Hall–Kier alpha value is -1.81. The van der Waals surface area contributed by atoms with E-state index < -0.39 is 0 Å². The lowest BCUT2D eigenvalue weighted by atomic mass is 10.1. The van der Waals surface area contributed by atoms with E-state index >= 15 is 0 Å². The fourth-order valence-corrected chi connectivity index (χ4v) is 2.33. The molecule has 4 nitrogen and oxygen atoms in total. The molecule has 0 aliphatic rings. The molecule has 0 aliphatic carbocycles. The molecule has 4 heteroatoms. The van der Waals surface area contributed by atoms with Crippen molar-refractivity contribution < 1.29 is 0 Å². The van der Waals surface area contributed by atoms with Crippen LogP contribution in [0.25, 0.3) is 16.8 Å². The summed E-state index contributed by atoms with van der Waals surface area (Å²) in [6.45, 7) is 5.23. The smallest absolute Gasteiger partial charge is 0.212 e. The van der Waals surface area contributed by atoms with E-state index in [1.807, 2.05) is 7.05 Å². The van der Waals surface area contributed by atoms with Crippen molar-refractivity contribution in [2.24, 2.45) is 0 Å². The molecule has 0 saturated heterocycles. The lowest BCUT2D eigenvalue weighted by Crippen LogP contribution is -2.10. The van der Waals surface area contributed by atoms with Crippen LogP contribution in [-0.2, 0) is 6.42 Å². The summed E-state index contributed by atoms with van der Waals surface area (Å²) in [6.07, 6.45) is 3.14. The Labute approximate surface area is 106 Å². The summed E-state index contributed by atoms with van der Waals surface area (Å²) in [5.41, 5.74) is 6.05. The first-order valence-corrected chi connectivity index (χ1v) is 6.31. The van der Waals surface area contributed by atoms with Crippen LogP contribution in [0.1, 0.15) is 16.8 Å². The second-order valence-electron chi connectivity index (χ2n) is 4.81. The van der Waals surface area contributed by atoms with E-state index in [4.69, 9.17) is 4.98 Å². The Morgan fingerprint density at radius 2 is 2.17 bits per heavy atom. The predicted molar refractivity (Wildman–Crippen MR) is 74.2 cm³/mol. The average Bonchev–Trinajstić information content (AvgIpc) is 2.89. The van der Waals surface area contributed by atoms with Crippen molar-refractivity contribution in [2.75, 3.05) is 13.6 Å². The number of nitrogens with zero attached hydrogens (tertiary/aromatic N) is 2. The number of aromatic nitrogens is 3. The van der Waals surface area contributed by atoms with Crippen molar-refractivity contribution in [3.8, 4) is 0 Å². The lowest BCUT2D eigenvalue weighted by molar-refractivity contribution is 0.780. The molecule has 0 amide bonds. The van der Waals surface area contributed by atoms with Gasteiger partial charge in [0, 0.05) is 24.9 Å². The monoisotopic (exact) mass is 242 g/mol. The van der Waals surface area contributed by atoms with Gasteiger partial charge in [-0.05, 0) is 38.1 Å². The van der Waals surface area contributed by atoms with E-state index in [1.54, 1.807) is 0 Å². The Morgan fingerprint density at radius 1 is 1.33 bits per heavy atom. The maximum Gasteiger partial charge on any atom is 0.212 e. The molecule has 0 atom stereocenters. The Balaban J connectivity index is 2.16. The lowest BCUT2D eigenvalue weighted by Gasteiger charge is -2.00. The van der Waals surface area contributed by atoms with E-state index in [0.29, 0.717) is 0 Å². The standard InChI is InChI=1S/C14H18N4/c1-9-4-5-12-13(10(9)2)17-14-16-11(6-7-15-3)8-18(12)14/h4-5,8,15H,6-7H2,1-3H3,(H,16,17). The Bertz CT molecular complexity index is 705. The van der Waals surface area contributed by atoms with Crippen molar-refractivity contribution in [1.29, 1.82) is 0 Å². The number of imidazole rings is 2. The van der Waals surface area contributed by atoms with Gasteiger partial charge in [-0.15, -0.1) is 0 Å². The number of aromatic amines is 1. The van der Waals surface area contributed by atoms with E-state index in [9.17, 15) is 0 Å². The number of rotatable bonds is 3. The molecule has 0 aliphatic heterocycles. The largest absolute Gasteiger partial charge is 0.327 e. The second kappa shape index (κ2) is 4.14. The minimum atomic E-state index is 0.935. The molecule has 0 fully saturated rings. The van der Waals surface area contributed by atoms with Gasteiger partial charge >= 0.3 is 0 Å². The van der Waals surface area contributed by atoms with Crippen LogP contribution in [0.15, 0.2) is 18.3 Å². The molecule has 3 aromatic rings. The normalized spacial score (nSPS) is 11.7. The van der Waals surface area contributed by atoms with Crippen LogP contribution >= 0.6 is 0 Å². The highest BCUT2D eigenvalue weighted by Gasteiger charge is 2.10. The molecule has 0 radical (unpaired) electrons. The highest BCUT2D eigenvalue weighted by Crippen LogP contribution is 2.22. The van der Waals surface area contributed by atoms with Crippen LogP contribution in [-0.4, -0.2) is 28.0 Å². The third-order valence-electron chi connectivity index (χ3n) is 3.59. The molecule has 0 unspecified atom stereocenters. The molecular weight excluding hydrogens is 224 g/mol. The van der Waals surface area contributed by atoms with E-state index in [2.05, 4.69) is 46.9 Å². The predicted octanol–water partition coefficient (Wildman–Crippen LogP) is 2.19. The topological polar surface area (TPSA) is 45.1 Å². The number of hydrogen-bond donors (Lipinski definition) is 2. The SMILES string of the molecule is CNCCc1cn2c(nc3c(C)c(C)ccc32)[nH]1. The molecule has 94 valence electrons. The number of hydrogen-bond acceptors (Lipinski definition) is 2. The highest BCUT2D eigenvalue weighted by atomic mass is 15.1. The van der Waals surface area contributed by atoms with Crippen LogP contribution in [0.3, 0.4) is 0 Å². The minimum Gasteiger partial charge on any atom is -0.327 e. The van der Waals surface area contributed by atoms with Gasteiger partial charge in [-0.3, -0.25) is 4.40 Å². The van der Waals surface area contributed by atoms with Gasteiger partial charge in [0.1, 0.15) is 0 Å². The maximum absolute atomic E-state index is 4.69. The number of aryl methyl sites for hydroxylation is 2. The van der Waals surface area contributed by atoms with Gasteiger partial charge in [0.25, 0.3) is 0 Å². The molecule has 0 spiro atoms. The molecule has 3 rings (SSSR count). The van der Waals surface area contributed by atoms with Crippen molar-refractivity contribution in [3.05, 3.63) is 35.2 Å². The van der Waals surface area contributed by atoms with E-state index in [1.165, 1.54) is 22.3 Å². The minimum absolute atomic E-state index is 0.935. The first-order valence-electron chi connectivity index (χ1n) is 6.31. The van der Waals surface area contributed by atoms with Crippen molar-refractivity contribution in [3.63, 3.8) is 0 Å². The summed E-state index contributed by atoms with van der Waals surface area (Å²) in [5, 5.41) is 3.16. The van der Waals surface area contributed by atoms with E-state index in [0.717, 1.165) is 24.3 Å². The first kappa shape index (κ1) is 11.3. The third-order valence-corrected chi connectivity index (χ3v) is 3.59. The molecule has 1 aromatic carbocycles. The second-order valence-corrected chi connectivity index (χ2v) is 4.81. The summed E-state index contributed by atoms with van der Waals surface area (Å²) in [4.78, 5) is 8.07. The highest BCUT2D eigenvalue weighted by molar-refractivity contribution is 5.83. The number of fused-ring (bicyclic) bond motifs is 3. The maximum atomic E-state index is 4.69. The van der Waals surface area contributed by atoms with Crippen molar-refractivity contribution in [1.82, 2.24) is 19.7 Å². The fraction of sp³-hybridized carbons (Fsp3) is 0.357. The number of likely N-dealkylation sites (N-methyl/N-ethyl adjacent to an activating group) is 1. The average molecular weight is 242 g/mol. The van der Waals surface area contributed by atoms with Gasteiger partial charge in [0.2, 0.25) is 5.78 Å². The molecule has 2 heterocycles. The van der Waals surface area contributed by atoms with Gasteiger partial charge in [-0.2, -0.15) is 0 Å². The Kier molecular flexibility index (Phi) is 2.59. The van der Waals surface area contributed by atoms with Crippen molar-refractivity contribution >= 4 is 16.8 Å². The van der Waals surface area contributed by atoms with Crippen LogP contribution in [0.2, 0.25) is 0 Å². The molecule has 18 heavy (non-hydrogen) atoms. The van der Waals surface area contributed by atoms with Crippen molar-refractivity contribution in [2.45, 2.75) is 20.3 Å². The van der Waals surface area contributed by atoms with Crippen LogP contribution in [0.4, 0.5) is 0 Å². The number of benzene rings is 1. The van der Waals surface area contributed by atoms with Gasteiger partial charge in [0.15, 0.2) is 0 Å². The molecule has 0 bridgehead atoms. The fourth-order valence-electron chi connectivity index (χ4n) is 2.33. The molecular formula is C14H18N4. The zero-order valence-corrected chi connectivity index (χ0v) is 11.0. The summed E-state index contributed by atoms with van der Waals surface area (Å²) in [7, 11) is 1.97. The van der Waals surface area contributed by atoms with Crippen LogP contribution in [0, 0.1) is 13.8 Å². The third kappa shape index (κ3) is 1.61. The molecule has 0 saturated carbocycles. The van der Waals surface area contributed by atoms with Gasteiger partial charge in [-0.25, -0.2) is 4.98 Å². The molecule has 2 N–H and O–H groups in total. The van der Waals surface area contributed by atoms with Crippen LogP contribution in [0.5, 0.6) is 0 Å². The summed E-state index contributed by atoms with van der Waals surface area (Å²) >= 11 is 0. The molecule has 2 aromatic heterocycles. The summed E-state index contributed by atoms with van der Waals surface area (Å²) < 4.78 is 2.15. The summed E-state index contributed by atoms with van der Waals surface area (Å²) in [5.74, 6) is 0.935. The zero-order valence-electron chi connectivity index (χ0n) is 11.0. The first-order chi connectivity index (χ1) is 8.70. The quantitative estimate of drug-likeness (QED) is 0.739. The Morgan fingerprint density at radius 3 is 2.94 bits per heavy atom. The number of nitrogens with one attached hydrogen (secondary N) is 2. The van der Waals surface area contributed by atoms with Gasteiger partial charge < -0.3 is 10.3 Å². The van der Waals surface area contributed by atoms with E-state index in [-0.39, 0.29) is 0 Å². The van der Waals surface area contributed by atoms with Crippen LogP contribution < -0.4 is 5.32 Å². The van der Waals surface area contributed by atoms with Gasteiger partial charge in [0.05, 0.1) is 11.0 Å². The number of H-pyrrole nitrogens is 1. The zero-order chi connectivity index (χ0) is 12.7. The van der Waals surface area contributed by atoms with Gasteiger partial charge in [-0.1, -0.05) is 6.07 Å². The summed E-state index contributed by atoms with van der Waals surface area (Å²) in [6, 6.07) is 4.30.